The first-order valence-electron chi connectivity index (χ1n) is 7.21. The van der Waals surface area contributed by atoms with Crippen LogP contribution >= 0.6 is 0 Å². The molecule has 0 atom stereocenters. The van der Waals surface area contributed by atoms with E-state index in [4.69, 9.17) is 4.74 Å². The van der Waals surface area contributed by atoms with Crippen LogP contribution in [0.2, 0.25) is 0 Å². The van der Waals surface area contributed by atoms with E-state index < -0.39 is 0 Å². The van der Waals surface area contributed by atoms with Gasteiger partial charge in [-0.2, -0.15) is 0 Å². The molecule has 0 aliphatic rings. The van der Waals surface area contributed by atoms with E-state index in [9.17, 15) is 4.79 Å². The Morgan fingerprint density at radius 2 is 2.09 bits per heavy atom. The average molecular weight is 306 g/mol. The summed E-state index contributed by atoms with van der Waals surface area (Å²) >= 11 is 0. The Morgan fingerprint density at radius 3 is 2.91 bits per heavy atom. The maximum absolute atomic E-state index is 12.6. The summed E-state index contributed by atoms with van der Waals surface area (Å²) in [5, 5.41) is 0.538. The van der Waals surface area contributed by atoms with Gasteiger partial charge in [0.1, 0.15) is 16.9 Å². The van der Waals surface area contributed by atoms with Gasteiger partial charge in [0.25, 0.3) is 5.56 Å². The van der Waals surface area contributed by atoms with Gasteiger partial charge in [-0.15, -0.1) is 0 Å². The molecule has 114 valence electrons. The minimum absolute atomic E-state index is 0.106. The highest BCUT2D eigenvalue weighted by Crippen LogP contribution is 2.20. The Morgan fingerprint density at radius 1 is 1.17 bits per heavy atom. The van der Waals surface area contributed by atoms with Crippen molar-refractivity contribution in [2.45, 2.75) is 6.54 Å². The van der Waals surface area contributed by atoms with E-state index in [2.05, 4.69) is 9.97 Å². The first-order valence-corrected chi connectivity index (χ1v) is 7.21. The third-order valence-electron chi connectivity index (χ3n) is 3.78. The number of hydrogen-bond donors (Lipinski definition) is 0. The van der Waals surface area contributed by atoms with Gasteiger partial charge in [0.15, 0.2) is 0 Å². The van der Waals surface area contributed by atoms with Crippen molar-refractivity contribution >= 4 is 16.6 Å². The van der Waals surface area contributed by atoms with Crippen LogP contribution in [0, 0.1) is 0 Å². The summed E-state index contributed by atoms with van der Waals surface area (Å²) in [4.78, 5) is 21.5. The highest BCUT2D eigenvalue weighted by atomic mass is 16.5. The fraction of sp³-hybridized carbons (Fsp3) is 0.118. The Kier molecular flexibility index (Phi) is 3.08. The molecular formula is C17H14N4O2. The normalized spacial score (nSPS) is 11.2. The van der Waals surface area contributed by atoms with Gasteiger partial charge in [0.05, 0.1) is 31.1 Å². The van der Waals surface area contributed by atoms with E-state index in [1.54, 1.807) is 29.9 Å². The molecule has 3 aromatic heterocycles. The summed E-state index contributed by atoms with van der Waals surface area (Å²) in [6.07, 6.45) is 5.38. The zero-order valence-electron chi connectivity index (χ0n) is 12.5. The molecule has 4 aromatic rings. The van der Waals surface area contributed by atoms with Crippen molar-refractivity contribution in [3.63, 3.8) is 0 Å². The van der Waals surface area contributed by atoms with Crippen LogP contribution in [0.1, 0.15) is 5.69 Å². The van der Waals surface area contributed by atoms with E-state index in [-0.39, 0.29) is 5.56 Å². The van der Waals surface area contributed by atoms with Crippen LogP contribution in [-0.2, 0) is 6.54 Å². The van der Waals surface area contributed by atoms with E-state index >= 15 is 0 Å². The molecule has 6 nitrogen and oxygen atoms in total. The third kappa shape index (κ3) is 2.24. The van der Waals surface area contributed by atoms with Crippen LogP contribution in [0.15, 0.2) is 59.9 Å². The third-order valence-corrected chi connectivity index (χ3v) is 3.78. The number of ether oxygens (including phenoxy) is 1. The summed E-state index contributed by atoms with van der Waals surface area (Å²) in [5.41, 5.74) is 2.13. The first kappa shape index (κ1) is 13.5. The molecule has 6 heteroatoms. The fourth-order valence-corrected chi connectivity index (χ4v) is 2.68. The molecule has 4 rings (SSSR count). The minimum atomic E-state index is -0.106. The number of pyridine rings is 1. The Labute approximate surface area is 131 Å². The van der Waals surface area contributed by atoms with Crippen LogP contribution < -0.4 is 10.3 Å². The topological polar surface area (TPSA) is 61.4 Å². The molecule has 0 N–H and O–H groups in total. The molecule has 3 heterocycles. The van der Waals surface area contributed by atoms with Crippen LogP contribution in [0.4, 0.5) is 0 Å². The van der Waals surface area contributed by atoms with Gasteiger partial charge in [-0.3, -0.25) is 9.36 Å². The summed E-state index contributed by atoms with van der Waals surface area (Å²) in [6, 6.07) is 11.1. The molecule has 0 saturated heterocycles. The molecule has 0 unspecified atom stereocenters. The number of benzene rings is 1. The lowest BCUT2D eigenvalue weighted by atomic mass is 10.2. The Balaban J connectivity index is 1.80. The van der Waals surface area contributed by atoms with Gasteiger partial charge in [-0.05, 0) is 24.3 Å². The Hall–Kier alpha value is -3.15. The van der Waals surface area contributed by atoms with Gasteiger partial charge in [-0.1, -0.05) is 12.1 Å². The summed E-state index contributed by atoms with van der Waals surface area (Å²) in [5.74, 6) is 0.597. The highest BCUT2D eigenvalue weighted by molar-refractivity contribution is 5.83. The van der Waals surface area contributed by atoms with Crippen LogP contribution in [0.5, 0.6) is 5.75 Å². The van der Waals surface area contributed by atoms with Crippen molar-refractivity contribution in [3.8, 4) is 5.75 Å². The fourth-order valence-electron chi connectivity index (χ4n) is 2.68. The van der Waals surface area contributed by atoms with Crippen molar-refractivity contribution in [1.82, 2.24) is 18.9 Å². The summed E-state index contributed by atoms with van der Waals surface area (Å²) in [6.45, 7) is 0.376. The molecule has 0 radical (unpaired) electrons. The number of rotatable bonds is 3. The lowest BCUT2D eigenvalue weighted by Gasteiger charge is -2.07. The van der Waals surface area contributed by atoms with Crippen molar-refractivity contribution in [2.24, 2.45) is 0 Å². The number of para-hydroxylation sites is 1. The van der Waals surface area contributed by atoms with Crippen molar-refractivity contribution in [1.29, 1.82) is 0 Å². The van der Waals surface area contributed by atoms with Crippen molar-refractivity contribution in [2.75, 3.05) is 7.11 Å². The van der Waals surface area contributed by atoms with Crippen LogP contribution in [0.25, 0.3) is 16.6 Å². The maximum atomic E-state index is 12.6. The number of hydrogen-bond acceptors (Lipinski definition) is 4. The molecule has 1 aromatic carbocycles. The molecule has 0 saturated carbocycles. The lowest BCUT2D eigenvalue weighted by Crippen LogP contribution is -2.21. The molecule has 23 heavy (non-hydrogen) atoms. The standard InChI is InChI=1S/C17H14N4O2/c1-23-14-6-4-5-13-16(14)18-11-21(17(13)22)10-12-9-20-8-3-2-7-15(20)19-12/h2-9,11H,10H2,1H3. The first-order chi connectivity index (χ1) is 11.3. The van der Waals surface area contributed by atoms with Gasteiger partial charge in [0.2, 0.25) is 0 Å². The van der Waals surface area contributed by atoms with Crippen molar-refractivity contribution < 1.29 is 4.74 Å². The summed E-state index contributed by atoms with van der Waals surface area (Å²) in [7, 11) is 1.57. The number of methoxy groups -OCH3 is 1. The number of aromatic nitrogens is 4. The van der Waals surface area contributed by atoms with E-state index in [0.717, 1.165) is 11.3 Å². The van der Waals surface area contributed by atoms with E-state index in [1.807, 2.05) is 35.0 Å². The second-order valence-electron chi connectivity index (χ2n) is 5.23. The maximum Gasteiger partial charge on any atom is 0.261 e. The predicted molar refractivity (Wildman–Crippen MR) is 86.8 cm³/mol. The quantitative estimate of drug-likeness (QED) is 0.581. The SMILES string of the molecule is COc1cccc2c(=O)n(Cc3cn4ccccc4n3)cnc12. The van der Waals surface area contributed by atoms with Gasteiger partial charge in [-0.25, -0.2) is 9.97 Å². The molecular weight excluding hydrogens is 292 g/mol. The molecule has 0 amide bonds. The zero-order valence-corrected chi connectivity index (χ0v) is 12.5. The van der Waals surface area contributed by atoms with E-state index in [0.29, 0.717) is 23.2 Å². The molecule has 0 aliphatic carbocycles. The van der Waals surface area contributed by atoms with Crippen LogP contribution in [-0.4, -0.2) is 26.0 Å². The molecule has 0 fully saturated rings. The predicted octanol–water partition coefficient (Wildman–Crippen LogP) is 2.10. The van der Waals surface area contributed by atoms with Crippen LogP contribution in [0.3, 0.4) is 0 Å². The smallest absolute Gasteiger partial charge is 0.261 e. The number of fused-ring (bicyclic) bond motifs is 2. The second-order valence-corrected chi connectivity index (χ2v) is 5.23. The molecule has 0 aliphatic heterocycles. The number of imidazole rings is 1. The zero-order chi connectivity index (χ0) is 15.8. The molecule has 0 spiro atoms. The monoisotopic (exact) mass is 306 g/mol. The lowest BCUT2D eigenvalue weighted by molar-refractivity contribution is 0.418. The van der Waals surface area contributed by atoms with Crippen molar-refractivity contribution in [3.05, 3.63) is 71.2 Å². The average Bonchev–Trinajstić information content (AvgIpc) is 2.99. The van der Waals surface area contributed by atoms with E-state index in [1.165, 1.54) is 6.33 Å². The largest absolute Gasteiger partial charge is 0.494 e. The summed E-state index contributed by atoms with van der Waals surface area (Å²) < 4.78 is 8.74. The van der Waals surface area contributed by atoms with Gasteiger partial charge < -0.3 is 9.14 Å². The molecule has 0 bridgehead atoms. The second kappa shape index (κ2) is 5.24. The Bertz CT molecular complexity index is 1030. The minimum Gasteiger partial charge on any atom is -0.494 e. The van der Waals surface area contributed by atoms with Gasteiger partial charge >= 0.3 is 0 Å². The highest BCUT2D eigenvalue weighted by Gasteiger charge is 2.10. The van der Waals surface area contributed by atoms with Gasteiger partial charge in [0, 0.05) is 12.4 Å². The number of nitrogens with zero attached hydrogens (tertiary/aromatic N) is 4.